The molecule has 66 valence electrons. The fourth-order valence-corrected chi connectivity index (χ4v) is 1.10. The zero-order chi connectivity index (χ0) is 8.97. The van der Waals surface area contributed by atoms with E-state index in [2.05, 4.69) is 13.0 Å². The highest BCUT2D eigenvalue weighted by atomic mass is 127. The fraction of sp³-hybridized carbons (Fsp3) is 0.333. The van der Waals surface area contributed by atoms with Gasteiger partial charge in [0.15, 0.2) is 23.0 Å². The lowest BCUT2D eigenvalue weighted by Crippen LogP contribution is -2.32. The third kappa shape index (κ3) is 2.45. The standard InChI is InChI=1S/C6H8IN3O2/c7-12-6(11)5(8)1-4-2-9-3-10-4/h2-3,5H,1,8H2,(H,9,10). The van der Waals surface area contributed by atoms with Gasteiger partial charge in [0.25, 0.3) is 0 Å². The van der Waals surface area contributed by atoms with Gasteiger partial charge in [0.1, 0.15) is 6.04 Å². The molecule has 1 atom stereocenters. The average molecular weight is 281 g/mol. The SMILES string of the molecule is NC(Cc1cnc[nH]1)C(=O)OI. The van der Waals surface area contributed by atoms with Gasteiger partial charge in [-0.3, -0.25) is 0 Å². The van der Waals surface area contributed by atoms with Crippen molar-refractivity contribution in [2.45, 2.75) is 12.5 Å². The highest BCUT2D eigenvalue weighted by Gasteiger charge is 2.15. The third-order valence-electron chi connectivity index (χ3n) is 1.37. The summed E-state index contributed by atoms with van der Waals surface area (Å²) >= 11 is 1.51. The topological polar surface area (TPSA) is 81.0 Å². The van der Waals surface area contributed by atoms with Crippen molar-refractivity contribution in [1.29, 1.82) is 0 Å². The number of rotatable bonds is 3. The summed E-state index contributed by atoms with van der Waals surface area (Å²) < 4.78 is 4.43. The van der Waals surface area contributed by atoms with E-state index in [1.165, 1.54) is 29.3 Å². The Balaban J connectivity index is 2.47. The molecule has 6 heteroatoms. The molecule has 0 saturated carbocycles. The first-order chi connectivity index (χ1) is 5.74. The maximum atomic E-state index is 10.8. The van der Waals surface area contributed by atoms with Gasteiger partial charge in [-0.15, -0.1) is 0 Å². The van der Waals surface area contributed by atoms with Crippen molar-refractivity contribution in [3.05, 3.63) is 18.2 Å². The molecule has 1 aromatic rings. The number of nitrogens with zero attached hydrogens (tertiary/aromatic N) is 1. The van der Waals surface area contributed by atoms with Crippen LogP contribution in [0.15, 0.2) is 12.5 Å². The van der Waals surface area contributed by atoms with E-state index in [-0.39, 0.29) is 0 Å². The number of hydrogen-bond donors (Lipinski definition) is 2. The van der Waals surface area contributed by atoms with Crippen LogP contribution in [-0.4, -0.2) is 22.0 Å². The first-order valence-corrected chi connectivity index (χ1v) is 4.17. The molecular weight excluding hydrogens is 273 g/mol. The van der Waals surface area contributed by atoms with Crippen LogP contribution in [-0.2, 0) is 14.3 Å². The quantitative estimate of drug-likeness (QED) is 0.774. The van der Waals surface area contributed by atoms with Gasteiger partial charge in [-0.1, -0.05) is 0 Å². The van der Waals surface area contributed by atoms with Crippen molar-refractivity contribution in [2.75, 3.05) is 0 Å². The van der Waals surface area contributed by atoms with Gasteiger partial charge in [0.05, 0.1) is 6.33 Å². The maximum absolute atomic E-state index is 10.8. The van der Waals surface area contributed by atoms with Crippen LogP contribution >= 0.6 is 23.0 Å². The lowest BCUT2D eigenvalue weighted by Gasteiger charge is -2.04. The molecule has 1 aromatic heterocycles. The molecule has 0 aliphatic rings. The number of halogens is 1. The van der Waals surface area contributed by atoms with E-state index in [1.54, 1.807) is 6.20 Å². The number of aromatic amines is 1. The Kier molecular flexibility index (Phi) is 3.48. The van der Waals surface area contributed by atoms with Crippen molar-refractivity contribution >= 4 is 29.0 Å². The predicted octanol–water partition coefficient (Wildman–Crippen LogP) is 0.173. The van der Waals surface area contributed by atoms with E-state index >= 15 is 0 Å². The van der Waals surface area contributed by atoms with E-state index in [0.717, 1.165) is 5.69 Å². The van der Waals surface area contributed by atoms with E-state index in [1.807, 2.05) is 0 Å². The lowest BCUT2D eigenvalue weighted by atomic mass is 10.2. The van der Waals surface area contributed by atoms with E-state index in [4.69, 9.17) is 5.73 Å². The molecule has 0 aromatic carbocycles. The van der Waals surface area contributed by atoms with Gasteiger partial charge >= 0.3 is 5.97 Å². The average Bonchev–Trinajstić information content (AvgIpc) is 2.55. The van der Waals surface area contributed by atoms with Crippen LogP contribution in [0.1, 0.15) is 5.69 Å². The highest BCUT2D eigenvalue weighted by molar-refractivity contribution is 14.1. The van der Waals surface area contributed by atoms with Crippen molar-refractivity contribution < 1.29 is 7.86 Å². The molecule has 5 nitrogen and oxygen atoms in total. The van der Waals surface area contributed by atoms with Gasteiger partial charge in [0, 0.05) is 18.3 Å². The Morgan fingerprint density at radius 3 is 3.17 bits per heavy atom. The Labute approximate surface area is 83.4 Å². The molecular formula is C6H8IN3O2. The second-order valence-electron chi connectivity index (χ2n) is 2.28. The minimum Gasteiger partial charge on any atom is -0.393 e. The summed E-state index contributed by atoms with van der Waals surface area (Å²) in [4.78, 5) is 17.5. The summed E-state index contributed by atoms with van der Waals surface area (Å²) in [6, 6.07) is -0.623. The van der Waals surface area contributed by atoms with Crippen LogP contribution in [0.3, 0.4) is 0 Å². The predicted molar refractivity (Wildman–Crippen MR) is 50.4 cm³/mol. The number of hydrogen-bond acceptors (Lipinski definition) is 4. The molecule has 0 aliphatic carbocycles. The van der Waals surface area contributed by atoms with Crippen LogP contribution < -0.4 is 5.73 Å². The largest absolute Gasteiger partial charge is 0.393 e. The van der Waals surface area contributed by atoms with Crippen LogP contribution in [0.5, 0.6) is 0 Å². The second-order valence-corrected chi connectivity index (χ2v) is 2.72. The van der Waals surface area contributed by atoms with Crippen LogP contribution in [0.4, 0.5) is 0 Å². The van der Waals surface area contributed by atoms with Crippen molar-refractivity contribution in [1.82, 2.24) is 9.97 Å². The number of carbonyl (C=O) groups excluding carboxylic acids is 1. The summed E-state index contributed by atoms with van der Waals surface area (Å²) in [5, 5.41) is 0. The number of carbonyl (C=O) groups is 1. The number of H-pyrrole nitrogens is 1. The summed E-state index contributed by atoms with van der Waals surface area (Å²) in [6.45, 7) is 0. The highest BCUT2D eigenvalue weighted by Crippen LogP contribution is 1.99. The molecule has 0 radical (unpaired) electrons. The van der Waals surface area contributed by atoms with Crippen LogP contribution in [0, 0.1) is 0 Å². The molecule has 0 bridgehead atoms. The van der Waals surface area contributed by atoms with Crippen molar-refractivity contribution in [3.63, 3.8) is 0 Å². The van der Waals surface area contributed by atoms with E-state index in [0.29, 0.717) is 6.42 Å². The van der Waals surface area contributed by atoms with E-state index in [9.17, 15) is 4.79 Å². The lowest BCUT2D eigenvalue weighted by molar-refractivity contribution is -0.132. The zero-order valence-corrected chi connectivity index (χ0v) is 8.32. The first kappa shape index (κ1) is 9.46. The van der Waals surface area contributed by atoms with Gasteiger partial charge in [0.2, 0.25) is 0 Å². The molecule has 1 rings (SSSR count). The third-order valence-corrected chi connectivity index (χ3v) is 1.81. The molecule has 0 amide bonds. The van der Waals surface area contributed by atoms with Gasteiger partial charge in [-0.2, -0.15) is 0 Å². The summed E-state index contributed by atoms with van der Waals surface area (Å²) in [7, 11) is 0. The molecule has 3 N–H and O–H groups in total. The first-order valence-electron chi connectivity index (χ1n) is 3.29. The normalized spacial score (nSPS) is 12.5. The molecule has 0 fully saturated rings. The number of imidazole rings is 1. The van der Waals surface area contributed by atoms with Gasteiger partial charge < -0.3 is 13.8 Å². The van der Waals surface area contributed by atoms with Gasteiger partial charge in [-0.25, -0.2) is 9.78 Å². The summed E-state index contributed by atoms with van der Waals surface area (Å²) in [5.41, 5.74) is 6.32. The van der Waals surface area contributed by atoms with Crippen molar-refractivity contribution in [2.24, 2.45) is 5.73 Å². The molecule has 0 saturated heterocycles. The molecule has 0 spiro atoms. The Morgan fingerprint density at radius 2 is 2.67 bits per heavy atom. The number of aromatic nitrogens is 2. The zero-order valence-electron chi connectivity index (χ0n) is 6.16. The Hall–Kier alpha value is -0.630. The second kappa shape index (κ2) is 4.41. The van der Waals surface area contributed by atoms with Crippen molar-refractivity contribution in [3.8, 4) is 0 Å². The smallest absolute Gasteiger partial charge is 0.332 e. The summed E-state index contributed by atoms with van der Waals surface area (Å²) in [6.07, 6.45) is 3.58. The summed E-state index contributed by atoms with van der Waals surface area (Å²) in [5.74, 6) is -0.426. The minimum atomic E-state index is -0.623. The molecule has 0 aliphatic heterocycles. The Bertz CT molecular complexity index is 249. The van der Waals surface area contributed by atoms with E-state index < -0.39 is 12.0 Å². The van der Waals surface area contributed by atoms with Crippen LogP contribution in [0.2, 0.25) is 0 Å². The monoisotopic (exact) mass is 281 g/mol. The Morgan fingerprint density at radius 1 is 1.92 bits per heavy atom. The fourth-order valence-electron chi connectivity index (χ4n) is 0.774. The molecule has 1 heterocycles. The van der Waals surface area contributed by atoms with Crippen LogP contribution in [0.25, 0.3) is 0 Å². The number of nitrogens with two attached hydrogens (primary N) is 1. The molecule has 1 unspecified atom stereocenters. The maximum Gasteiger partial charge on any atom is 0.332 e. The number of nitrogens with one attached hydrogen (secondary N) is 1. The molecule has 12 heavy (non-hydrogen) atoms. The minimum absolute atomic E-state index is 0.418. The van der Waals surface area contributed by atoms with Gasteiger partial charge in [-0.05, 0) is 0 Å².